The first-order valence-corrected chi connectivity index (χ1v) is 7.96. The number of esters is 1. The Balaban J connectivity index is 3.54. The van der Waals surface area contributed by atoms with E-state index in [-0.39, 0.29) is 6.42 Å². The summed E-state index contributed by atoms with van der Waals surface area (Å²) in [4.78, 5) is 12.0. The van der Waals surface area contributed by atoms with Gasteiger partial charge in [0.1, 0.15) is 0 Å². The van der Waals surface area contributed by atoms with Gasteiger partial charge in [0.2, 0.25) is 0 Å². The molecule has 0 amide bonds. The second-order valence-corrected chi connectivity index (χ2v) is 7.05. The van der Waals surface area contributed by atoms with Gasteiger partial charge < -0.3 is 14.6 Å². The van der Waals surface area contributed by atoms with E-state index < -0.39 is 60.0 Å². The van der Waals surface area contributed by atoms with Crippen molar-refractivity contribution in [1.82, 2.24) is 0 Å². The van der Waals surface area contributed by atoms with Gasteiger partial charge >= 0.3 is 30.0 Å². The number of hydrogen-bond acceptors (Lipinski definition) is 4. The largest absolute Gasteiger partial charge is 0.455 e. The molecule has 0 saturated carbocycles. The number of rotatable bonds is 4. The van der Waals surface area contributed by atoms with E-state index in [0.717, 1.165) is 6.92 Å². The average molecular weight is 416 g/mol. The minimum absolute atomic E-state index is 0.0162. The van der Waals surface area contributed by atoms with Gasteiger partial charge in [-0.2, -0.15) is 35.1 Å². The van der Waals surface area contributed by atoms with Crippen LogP contribution in [0.15, 0.2) is 0 Å². The van der Waals surface area contributed by atoms with Gasteiger partial charge in [0, 0.05) is 6.42 Å². The summed E-state index contributed by atoms with van der Waals surface area (Å²) in [6, 6.07) is 0. The van der Waals surface area contributed by atoms with E-state index in [1.807, 2.05) is 0 Å². The summed E-state index contributed by atoms with van der Waals surface area (Å²) < 4.78 is 116. The molecule has 0 aliphatic carbocycles. The van der Waals surface area contributed by atoms with Gasteiger partial charge in [-0.1, -0.05) is 13.8 Å². The Bertz CT molecular complexity index is 571. The number of aliphatic hydroxyl groups is 1. The number of hydrogen-bond donors (Lipinski definition) is 1. The van der Waals surface area contributed by atoms with E-state index in [2.05, 4.69) is 9.47 Å². The molecule has 1 saturated heterocycles. The van der Waals surface area contributed by atoms with Crippen LogP contribution in [-0.2, 0) is 14.3 Å². The Morgan fingerprint density at radius 3 is 1.93 bits per heavy atom. The number of ether oxygens (including phenoxy) is 2. The zero-order valence-electron chi connectivity index (χ0n) is 14.9. The van der Waals surface area contributed by atoms with Crippen LogP contribution in [0.3, 0.4) is 0 Å². The van der Waals surface area contributed by atoms with Gasteiger partial charge in [-0.05, 0) is 26.7 Å². The van der Waals surface area contributed by atoms with Crippen molar-refractivity contribution in [3.05, 3.63) is 0 Å². The third-order valence-corrected chi connectivity index (χ3v) is 4.87. The van der Waals surface area contributed by atoms with Gasteiger partial charge in [-0.25, -0.2) is 0 Å². The van der Waals surface area contributed by atoms with Gasteiger partial charge in [-0.15, -0.1) is 0 Å². The molecule has 1 N–H and O–H groups in total. The molecule has 0 aromatic rings. The van der Waals surface area contributed by atoms with Gasteiger partial charge in [-0.3, -0.25) is 4.79 Å². The highest BCUT2D eigenvalue weighted by Crippen LogP contribution is 2.57. The van der Waals surface area contributed by atoms with E-state index >= 15 is 0 Å². The summed E-state index contributed by atoms with van der Waals surface area (Å²) in [5, 5.41) is 9.52. The maximum atomic E-state index is 14.4. The smallest absolute Gasteiger partial charge is 0.449 e. The van der Waals surface area contributed by atoms with Crippen LogP contribution in [0.5, 0.6) is 0 Å². The molecule has 1 rings (SSSR count). The van der Waals surface area contributed by atoms with Crippen LogP contribution in [0.2, 0.25) is 0 Å². The van der Waals surface area contributed by atoms with Gasteiger partial charge in [0.15, 0.2) is 11.7 Å². The molecule has 1 aliphatic heterocycles. The number of halogens is 8. The Morgan fingerprint density at radius 1 is 1.11 bits per heavy atom. The Kier molecular flexibility index (Phi) is 5.93. The number of alkyl halides is 8. The summed E-state index contributed by atoms with van der Waals surface area (Å²) >= 11 is 0. The zero-order valence-corrected chi connectivity index (χ0v) is 14.9. The molecule has 3 atom stereocenters. The molecule has 1 heterocycles. The summed E-state index contributed by atoms with van der Waals surface area (Å²) in [5.74, 6) is -12.3. The Hall–Kier alpha value is -1.17. The fourth-order valence-electron chi connectivity index (χ4n) is 2.42. The molecule has 3 unspecified atom stereocenters. The molecule has 160 valence electrons. The van der Waals surface area contributed by atoms with E-state index in [9.17, 15) is 45.0 Å². The van der Waals surface area contributed by atoms with Crippen LogP contribution in [0, 0.1) is 5.41 Å². The predicted octanol–water partition coefficient (Wildman–Crippen LogP) is 4.35. The summed E-state index contributed by atoms with van der Waals surface area (Å²) in [5.41, 5.74) is -5.24. The Morgan fingerprint density at radius 2 is 1.59 bits per heavy atom. The molecule has 1 aliphatic rings. The highest BCUT2D eigenvalue weighted by molar-refractivity contribution is 5.76. The standard InChI is InChI=1S/C15H20F8O4/c1-5-10(3,4)9(24)26-8-7-11(6-2,14(18,19)20)27-13(25,12(8,16)17)15(21,22)23/h8,25H,5-7H2,1-4H3. The van der Waals surface area contributed by atoms with Crippen LogP contribution < -0.4 is 0 Å². The monoisotopic (exact) mass is 416 g/mol. The van der Waals surface area contributed by atoms with Crippen molar-refractivity contribution >= 4 is 5.97 Å². The fraction of sp³-hybridized carbons (Fsp3) is 0.933. The fourth-order valence-corrected chi connectivity index (χ4v) is 2.42. The molecule has 0 bridgehead atoms. The topological polar surface area (TPSA) is 55.8 Å². The molecule has 0 radical (unpaired) electrons. The third kappa shape index (κ3) is 3.74. The molecular formula is C15H20F8O4. The Labute approximate surface area is 149 Å². The van der Waals surface area contributed by atoms with Crippen LogP contribution in [0.1, 0.15) is 47.0 Å². The van der Waals surface area contributed by atoms with Crippen molar-refractivity contribution < 1.29 is 54.5 Å². The summed E-state index contributed by atoms with van der Waals surface area (Å²) in [6.07, 6.45) is -18.1. The second kappa shape index (κ2) is 6.71. The van der Waals surface area contributed by atoms with Crippen LogP contribution >= 0.6 is 0 Å². The van der Waals surface area contributed by atoms with Crippen molar-refractivity contribution in [3.63, 3.8) is 0 Å². The lowest BCUT2D eigenvalue weighted by atomic mass is 9.82. The first-order valence-electron chi connectivity index (χ1n) is 7.96. The second-order valence-electron chi connectivity index (χ2n) is 7.05. The van der Waals surface area contributed by atoms with E-state index in [1.54, 1.807) is 0 Å². The lowest BCUT2D eigenvalue weighted by Crippen LogP contribution is -2.75. The zero-order chi connectivity index (χ0) is 21.7. The first kappa shape index (κ1) is 23.9. The molecule has 12 heteroatoms. The number of carbonyl (C=O) groups excluding carboxylic acids is 1. The van der Waals surface area contributed by atoms with Crippen molar-refractivity contribution in [3.8, 4) is 0 Å². The lowest BCUT2D eigenvalue weighted by Gasteiger charge is -2.52. The average Bonchev–Trinajstić information content (AvgIpc) is 2.49. The maximum absolute atomic E-state index is 14.4. The van der Waals surface area contributed by atoms with Gasteiger partial charge in [0.05, 0.1) is 5.41 Å². The van der Waals surface area contributed by atoms with Crippen LogP contribution in [0.4, 0.5) is 35.1 Å². The molecule has 0 aromatic heterocycles. The van der Waals surface area contributed by atoms with E-state index in [1.165, 1.54) is 20.8 Å². The summed E-state index contributed by atoms with van der Waals surface area (Å²) in [6.45, 7) is 4.64. The van der Waals surface area contributed by atoms with Crippen LogP contribution in [0.25, 0.3) is 0 Å². The first-order chi connectivity index (χ1) is 11.8. The molecule has 0 aromatic carbocycles. The molecular weight excluding hydrogens is 396 g/mol. The highest BCUT2D eigenvalue weighted by Gasteiger charge is 2.82. The molecule has 27 heavy (non-hydrogen) atoms. The normalized spacial score (nSPS) is 32.3. The lowest BCUT2D eigenvalue weighted by molar-refractivity contribution is -0.504. The quantitative estimate of drug-likeness (QED) is 0.547. The molecule has 0 spiro atoms. The van der Waals surface area contributed by atoms with Gasteiger partial charge in [0.25, 0.3) is 0 Å². The molecule has 4 nitrogen and oxygen atoms in total. The highest BCUT2D eigenvalue weighted by atomic mass is 19.4. The van der Waals surface area contributed by atoms with Crippen molar-refractivity contribution in [2.75, 3.05) is 0 Å². The number of carbonyl (C=O) groups is 1. The molecule has 1 fully saturated rings. The van der Waals surface area contributed by atoms with Crippen LogP contribution in [-0.4, -0.2) is 46.8 Å². The third-order valence-electron chi connectivity index (χ3n) is 4.87. The minimum atomic E-state index is -6.30. The van der Waals surface area contributed by atoms with E-state index in [0.29, 0.717) is 0 Å². The van der Waals surface area contributed by atoms with Crippen molar-refractivity contribution in [2.24, 2.45) is 5.41 Å². The minimum Gasteiger partial charge on any atom is -0.455 e. The predicted molar refractivity (Wildman–Crippen MR) is 74.7 cm³/mol. The SMILES string of the molecule is CCC(C)(C)C(=O)OC1CC(CC)(C(F)(F)F)OC(O)(C(F)(F)F)C1(F)F. The van der Waals surface area contributed by atoms with Crippen molar-refractivity contribution in [1.29, 1.82) is 0 Å². The maximum Gasteiger partial charge on any atom is 0.449 e. The summed E-state index contributed by atoms with van der Waals surface area (Å²) in [7, 11) is 0. The van der Waals surface area contributed by atoms with E-state index in [4.69, 9.17) is 0 Å². The van der Waals surface area contributed by atoms with Crippen molar-refractivity contribution in [2.45, 2.75) is 82.7 Å².